The average molecular weight is 389 g/mol. The first-order valence-corrected chi connectivity index (χ1v) is 9.90. The van der Waals surface area contributed by atoms with Crippen molar-refractivity contribution in [2.24, 2.45) is 0 Å². The normalized spacial score (nSPS) is 10.4. The van der Waals surface area contributed by atoms with E-state index in [0.29, 0.717) is 23.9 Å². The molecule has 0 saturated carbocycles. The van der Waals surface area contributed by atoms with E-state index in [9.17, 15) is 19.5 Å². The highest BCUT2D eigenvalue weighted by Crippen LogP contribution is 2.18. The molecule has 0 spiro atoms. The van der Waals surface area contributed by atoms with Gasteiger partial charge in [0.2, 0.25) is 5.43 Å². The van der Waals surface area contributed by atoms with Gasteiger partial charge < -0.3 is 20.0 Å². The number of Topliss-reactive ketones (excluding diaryl/α,β-unsaturated/α-hetero) is 1. The van der Waals surface area contributed by atoms with E-state index >= 15 is 0 Å². The molecule has 1 aromatic heterocycles. The molecule has 2 aromatic rings. The number of rotatable bonds is 10. The van der Waals surface area contributed by atoms with E-state index < -0.39 is 5.97 Å². The van der Waals surface area contributed by atoms with E-state index in [-0.39, 0.29) is 23.4 Å². The topological polar surface area (TPSA) is 107 Å². The van der Waals surface area contributed by atoms with Crippen LogP contribution in [-0.2, 0) is 16.0 Å². The van der Waals surface area contributed by atoms with Crippen LogP contribution in [0, 0.1) is 0 Å². The molecule has 0 amide bonds. The number of fused-ring (bicyclic) bond motifs is 1. The van der Waals surface area contributed by atoms with Gasteiger partial charge in [-0.3, -0.25) is 9.59 Å². The van der Waals surface area contributed by atoms with Crippen molar-refractivity contribution in [3.63, 3.8) is 0 Å². The van der Waals surface area contributed by atoms with Crippen LogP contribution in [0.1, 0.15) is 70.9 Å². The Hall–Kier alpha value is -2.63. The maximum absolute atomic E-state index is 12.0. The molecule has 154 valence electrons. The van der Waals surface area contributed by atoms with Gasteiger partial charge in [0.15, 0.2) is 5.75 Å². The van der Waals surface area contributed by atoms with Crippen molar-refractivity contribution in [1.82, 2.24) is 4.98 Å². The van der Waals surface area contributed by atoms with Crippen LogP contribution in [0.4, 0.5) is 0 Å². The van der Waals surface area contributed by atoms with Crippen molar-refractivity contribution in [2.45, 2.75) is 71.6 Å². The Balaban J connectivity index is 0.000000370. The van der Waals surface area contributed by atoms with Gasteiger partial charge in [-0.1, -0.05) is 44.7 Å². The Bertz CT molecular complexity index is 811. The number of nitrogens with one attached hydrogen (secondary N) is 1. The smallest absolute Gasteiger partial charge is 0.303 e. The zero-order valence-corrected chi connectivity index (χ0v) is 16.8. The summed E-state index contributed by atoms with van der Waals surface area (Å²) in [6.45, 7) is 3.65. The highest BCUT2D eigenvalue weighted by atomic mass is 16.4. The van der Waals surface area contributed by atoms with Gasteiger partial charge in [0.25, 0.3) is 0 Å². The molecule has 3 N–H and O–H groups in total. The number of H-pyrrole nitrogens is 1. The van der Waals surface area contributed by atoms with Gasteiger partial charge in [-0.05, 0) is 38.3 Å². The number of para-hydroxylation sites is 1. The predicted octanol–water partition coefficient (Wildman–Crippen LogP) is 4.58. The second kappa shape index (κ2) is 12.7. The lowest BCUT2D eigenvalue weighted by Gasteiger charge is -2.07. The molecule has 0 fully saturated rings. The first kappa shape index (κ1) is 23.4. The van der Waals surface area contributed by atoms with Crippen LogP contribution in [0.2, 0.25) is 0 Å². The van der Waals surface area contributed by atoms with Gasteiger partial charge in [-0.2, -0.15) is 0 Å². The van der Waals surface area contributed by atoms with Crippen LogP contribution in [0.15, 0.2) is 29.1 Å². The number of carbonyl (C=O) groups is 2. The molecular formula is C22H31NO5. The molecule has 0 saturated heterocycles. The van der Waals surface area contributed by atoms with E-state index in [2.05, 4.69) is 11.9 Å². The number of aryl methyl sites for hydroxylation is 1. The van der Waals surface area contributed by atoms with E-state index in [0.717, 1.165) is 24.8 Å². The molecule has 0 aliphatic rings. The number of aromatic nitrogens is 1. The Labute approximate surface area is 165 Å². The number of benzene rings is 1. The fourth-order valence-corrected chi connectivity index (χ4v) is 2.85. The van der Waals surface area contributed by atoms with E-state index in [4.69, 9.17) is 5.11 Å². The number of hydrogen-bond acceptors (Lipinski definition) is 4. The number of pyridine rings is 1. The molecule has 1 aromatic carbocycles. The summed E-state index contributed by atoms with van der Waals surface area (Å²) < 4.78 is 0. The zero-order chi connectivity index (χ0) is 20.9. The van der Waals surface area contributed by atoms with Crippen LogP contribution < -0.4 is 5.43 Å². The summed E-state index contributed by atoms with van der Waals surface area (Å²) >= 11 is 0. The predicted molar refractivity (Wildman–Crippen MR) is 111 cm³/mol. The van der Waals surface area contributed by atoms with Crippen LogP contribution in [-0.4, -0.2) is 26.9 Å². The minimum atomic E-state index is -0.837. The van der Waals surface area contributed by atoms with Crippen molar-refractivity contribution >= 4 is 22.7 Å². The molecule has 2 rings (SSSR count). The lowest BCUT2D eigenvalue weighted by atomic mass is 10.1. The summed E-state index contributed by atoms with van der Waals surface area (Å²) in [5.74, 6) is -0.901. The zero-order valence-electron chi connectivity index (χ0n) is 16.8. The number of carboxylic acids is 1. The summed E-state index contributed by atoms with van der Waals surface area (Å²) in [5.41, 5.74) is 1.20. The Morgan fingerprint density at radius 2 is 1.68 bits per heavy atom. The molecule has 1 heterocycles. The number of ketones is 1. The van der Waals surface area contributed by atoms with E-state index in [1.165, 1.54) is 26.2 Å². The number of aliphatic carboxylic acids is 1. The number of hydrogen-bond donors (Lipinski definition) is 3. The maximum Gasteiger partial charge on any atom is 0.303 e. The number of carbonyl (C=O) groups excluding carboxylic acids is 1. The van der Waals surface area contributed by atoms with Gasteiger partial charge >= 0.3 is 5.97 Å². The second-order valence-electron chi connectivity index (χ2n) is 6.94. The molecule has 6 nitrogen and oxygen atoms in total. The first-order valence-electron chi connectivity index (χ1n) is 9.90. The van der Waals surface area contributed by atoms with Crippen LogP contribution >= 0.6 is 0 Å². The first-order chi connectivity index (χ1) is 13.4. The molecule has 6 heteroatoms. The highest BCUT2D eigenvalue weighted by molar-refractivity contribution is 5.80. The SMILES string of the molecule is CC(=O)CCCC(=O)O.CCCCCCCc1[nH]c2ccccc2c(=O)c1O. The monoisotopic (exact) mass is 389 g/mol. The van der Waals surface area contributed by atoms with Crippen molar-refractivity contribution < 1.29 is 19.8 Å². The Kier molecular flexibility index (Phi) is 10.6. The van der Waals surface area contributed by atoms with Crippen molar-refractivity contribution in [1.29, 1.82) is 0 Å². The van der Waals surface area contributed by atoms with Crippen LogP contribution in [0.3, 0.4) is 0 Å². The summed E-state index contributed by atoms with van der Waals surface area (Å²) in [6.07, 6.45) is 7.50. The molecule has 28 heavy (non-hydrogen) atoms. The van der Waals surface area contributed by atoms with Gasteiger partial charge in [0, 0.05) is 23.7 Å². The van der Waals surface area contributed by atoms with Crippen molar-refractivity contribution in [3.05, 3.63) is 40.2 Å². The fraction of sp³-hybridized carbons (Fsp3) is 0.500. The lowest BCUT2D eigenvalue weighted by Crippen LogP contribution is -2.07. The Morgan fingerprint density at radius 3 is 2.32 bits per heavy atom. The largest absolute Gasteiger partial charge is 0.503 e. The third-order valence-corrected chi connectivity index (χ3v) is 4.41. The van der Waals surface area contributed by atoms with Crippen LogP contribution in [0.25, 0.3) is 10.9 Å². The molecular weight excluding hydrogens is 358 g/mol. The van der Waals surface area contributed by atoms with Crippen molar-refractivity contribution in [3.8, 4) is 5.75 Å². The number of aromatic amines is 1. The van der Waals surface area contributed by atoms with E-state index in [1.54, 1.807) is 12.1 Å². The molecule has 0 atom stereocenters. The second-order valence-corrected chi connectivity index (χ2v) is 6.94. The van der Waals surface area contributed by atoms with Gasteiger partial charge in [0.1, 0.15) is 5.78 Å². The highest BCUT2D eigenvalue weighted by Gasteiger charge is 2.09. The van der Waals surface area contributed by atoms with Gasteiger partial charge in [0.05, 0.1) is 5.69 Å². The minimum Gasteiger partial charge on any atom is -0.503 e. The third-order valence-electron chi connectivity index (χ3n) is 4.41. The molecule has 0 aliphatic carbocycles. The lowest BCUT2D eigenvalue weighted by molar-refractivity contribution is -0.137. The third kappa shape index (κ3) is 8.37. The van der Waals surface area contributed by atoms with Crippen LogP contribution in [0.5, 0.6) is 5.75 Å². The fourth-order valence-electron chi connectivity index (χ4n) is 2.85. The van der Waals surface area contributed by atoms with E-state index in [1.807, 2.05) is 12.1 Å². The molecule has 0 aliphatic heterocycles. The Morgan fingerprint density at radius 1 is 1.00 bits per heavy atom. The standard InChI is InChI=1S/C16H21NO2.C6H10O3/c1-2-3-4-5-6-11-14-16(19)15(18)12-9-7-8-10-13(12)17-14;1-5(7)3-2-4-6(8)9/h7-10,19H,2-6,11H2,1H3,(H,17,18);2-4H2,1H3,(H,8,9). The molecule has 0 unspecified atom stereocenters. The van der Waals surface area contributed by atoms with Gasteiger partial charge in [-0.15, -0.1) is 0 Å². The summed E-state index contributed by atoms with van der Waals surface area (Å²) in [4.78, 5) is 35.3. The van der Waals surface area contributed by atoms with Crippen molar-refractivity contribution in [2.75, 3.05) is 0 Å². The summed E-state index contributed by atoms with van der Waals surface area (Å²) in [7, 11) is 0. The molecule has 0 bridgehead atoms. The van der Waals surface area contributed by atoms with Gasteiger partial charge in [-0.25, -0.2) is 0 Å². The minimum absolute atomic E-state index is 0.0521. The maximum atomic E-state index is 12.0. The summed E-state index contributed by atoms with van der Waals surface area (Å²) in [6, 6.07) is 7.30. The number of aromatic hydroxyl groups is 1. The number of unbranched alkanes of at least 4 members (excludes halogenated alkanes) is 4. The number of carboxylic acid groups (broad SMARTS) is 1. The average Bonchev–Trinajstić information content (AvgIpc) is 2.65. The molecule has 0 radical (unpaired) electrons. The summed E-state index contributed by atoms with van der Waals surface area (Å²) in [5, 5.41) is 18.6. The quantitative estimate of drug-likeness (QED) is 0.516.